The molecular weight excluding hydrogens is 194 g/mol. The highest BCUT2D eigenvalue weighted by Crippen LogP contribution is 2.15. The summed E-state index contributed by atoms with van der Waals surface area (Å²) in [4.78, 5) is 23.9. The summed E-state index contributed by atoms with van der Waals surface area (Å²) in [6.07, 6.45) is 1.20. The minimum Gasteiger partial charge on any atom is -0.480 e. The number of carbonyl (C=O) groups excluding carboxylic acids is 1. The molecule has 0 aliphatic heterocycles. The third-order valence-corrected chi connectivity index (χ3v) is 2.67. The molecule has 0 bridgehead atoms. The molecule has 88 valence electrons. The molecular formula is C11H21NO3. The average molecular weight is 215 g/mol. The van der Waals surface area contributed by atoms with Gasteiger partial charge in [-0.3, -0.25) is 4.79 Å². The molecule has 0 aromatic rings. The highest BCUT2D eigenvalue weighted by molar-refractivity contribution is 5.86. The van der Waals surface area contributed by atoms with Crippen LogP contribution in [0.5, 0.6) is 0 Å². The Hall–Kier alpha value is -1.06. The number of carboxylic acid groups (broad SMARTS) is 1. The van der Waals surface area contributed by atoms with Crippen LogP contribution in [0.2, 0.25) is 0 Å². The highest BCUT2D eigenvalue weighted by atomic mass is 16.4. The lowest BCUT2D eigenvalue weighted by Gasteiger charge is -2.31. The quantitative estimate of drug-likeness (QED) is 0.760. The first kappa shape index (κ1) is 13.9. The number of carbonyl (C=O) groups is 2. The van der Waals surface area contributed by atoms with E-state index in [1.54, 1.807) is 0 Å². The van der Waals surface area contributed by atoms with Gasteiger partial charge in [0.1, 0.15) is 5.54 Å². The summed E-state index contributed by atoms with van der Waals surface area (Å²) in [6.45, 7) is 7.14. The zero-order chi connectivity index (χ0) is 12.2. The maximum absolute atomic E-state index is 11.7. The maximum atomic E-state index is 11.7. The largest absolute Gasteiger partial charge is 0.480 e. The van der Waals surface area contributed by atoms with Gasteiger partial charge >= 0.3 is 5.97 Å². The SMILES string of the molecule is CC(C)CCC(=O)N(C)C(C)(C)C(=O)O. The molecule has 0 unspecified atom stereocenters. The van der Waals surface area contributed by atoms with Crippen molar-refractivity contribution in [3.8, 4) is 0 Å². The molecule has 1 amide bonds. The Bertz CT molecular complexity index is 246. The van der Waals surface area contributed by atoms with Gasteiger partial charge < -0.3 is 10.0 Å². The third-order valence-electron chi connectivity index (χ3n) is 2.67. The standard InChI is InChI=1S/C11H21NO3/c1-8(2)6-7-9(13)12(5)11(3,4)10(14)15/h8H,6-7H2,1-5H3,(H,14,15). The summed E-state index contributed by atoms with van der Waals surface area (Å²) in [5, 5.41) is 8.94. The van der Waals surface area contributed by atoms with E-state index in [1.807, 2.05) is 13.8 Å². The van der Waals surface area contributed by atoms with Crippen molar-refractivity contribution >= 4 is 11.9 Å². The Morgan fingerprint density at radius 2 is 1.80 bits per heavy atom. The van der Waals surface area contributed by atoms with Crippen LogP contribution in [0.25, 0.3) is 0 Å². The molecule has 1 N–H and O–H groups in total. The summed E-state index contributed by atoms with van der Waals surface area (Å²) in [6, 6.07) is 0. The first-order chi connectivity index (χ1) is 6.69. The molecule has 4 heteroatoms. The van der Waals surface area contributed by atoms with Gasteiger partial charge in [-0.1, -0.05) is 13.8 Å². The topological polar surface area (TPSA) is 57.6 Å². The number of amides is 1. The second-order valence-corrected chi connectivity index (χ2v) is 4.75. The number of hydrogen-bond donors (Lipinski definition) is 1. The van der Waals surface area contributed by atoms with Gasteiger partial charge in [0.15, 0.2) is 0 Å². The molecule has 0 radical (unpaired) electrons. The minimum absolute atomic E-state index is 0.115. The fourth-order valence-corrected chi connectivity index (χ4v) is 1.04. The molecule has 4 nitrogen and oxygen atoms in total. The Morgan fingerprint density at radius 1 is 1.33 bits per heavy atom. The lowest BCUT2D eigenvalue weighted by Crippen LogP contribution is -2.50. The van der Waals surface area contributed by atoms with E-state index in [9.17, 15) is 9.59 Å². The van der Waals surface area contributed by atoms with E-state index >= 15 is 0 Å². The van der Waals surface area contributed by atoms with E-state index in [2.05, 4.69) is 0 Å². The lowest BCUT2D eigenvalue weighted by atomic mass is 10.0. The predicted molar refractivity (Wildman–Crippen MR) is 58.6 cm³/mol. The fourth-order valence-electron chi connectivity index (χ4n) is 1.04. The van der Waals surface area contributed by atoms with Crippen molar-refractivity contribution in [2.75, 3.05) is 7.05 Å². The molecule has 0 rings (SSSR count). The van der Waals surface area contributed by atoms with Crippen LogP contribution < -0.4 is 0 Å². The highest BCUT2D eigenvalue weighted by Gasteiger charge is 2.34. The monoisotopic (exact) mass is 215 g/mol. The van der Waals surface area contributed by atoms with Crippen molar-refractivity contribution in [1.82, 2.24) is 4.90 Å². The van der Waals surface area contributed by atoms with Crippen LogP contribution in [-0.2, 0) is 9.59 Å². The van der Waals surface area contributed by atoms with Gasteiger partial charge in [0.2, 0.25) is 5.91 Å². The second-order valence-electron chi connectivity index (χ2n) is 4.75. The van der Waals surface area contributed by atoms with Crippen molar-refractivity contribution in [2.24, 2.45) is 5.92 Å². The summed E-state index contributed by atoms with van der Waals surface area (Å²) in [5.41, 5.74) is -1.13. The van der Waals surface area contributed by atoms with Gasteiger partial charge in [0.05, 0.1) is 0 Å². The number of carboxylic acids is 1. The van der Waals surface area contributed by atoms with Crippen LogP contribution in [0.4, 0.5) is 0 Å². The first-order valence-electron chi connectivity index (χ1n) is 5.19. The number of likely N-dealkylation sites (N-methyl/N-ethyl adjacent to an activating group) is 1. The minimum atomic E-state index is -1.13. The average Bonchev–Trinajstić information content (AvgIpc) is 2.12. The van der Waals surface area contributed by atoms with E-state index in [4.69, 9.17) is 5.11 Å². The van der Waals surface area contributed by atoms with Crippen molar-refractivity contribution in [3.05, 3.63) is 0 Å². The zero-order valence-corrected chi connectivity index (χ0v) is 10.2. The number of hydrogen-bond acceptors (Lipinski definition) is 2. The van der Waals surface area contributed by atoms with Gasteiger partial charge in [-0.25, -0.2) is 4.79 Å². The first-order valence-corrected chi connectivity index (χ1v) is 5.19. The molecule has 0 atom stereocenters. The molecule has 0 aliphatic rings. The van der Waals surface area contributed by atoms with E-state index in [0.717, 1.165) is 6.42 Å². The molecule has 0 fully saturated rings. The Labute approximate surface area is 91.3 Å². The van der Waals surface area contributed by atoms with Crippen molar-refractivity contribution in [3.63, 3.8) is 0 Å². The number of aliphatic carboxylic acids is 1. The van der Waals surface area contributed by atoms with Crippen LogP contribution >= 0.6 is 0 Å². The van der Waals surface area contributed by atoms with Crippen LogP contribution in [0.15, 0.2) is 0 Å². The third kappa shape index (κ3) is 3.90. The molecule has 0 aliphatic carbocycles. The smallest absolute Gasteiger partial charge is 0.329 e. The van der Waals surface area contributed by atoms with Gasteiger partial charge in [0.25, 0.3) is 0 Å². The van der Waals surface area contributed by atoms with Crippen LogP contribution in [-0.4, -0.2) is 34.5 Å². The van der Waals surface area contributed by atoms with Gasteiger partial charge in [0, 0.05) is 13.5 Å². The normalized spacial score (nSPS) is 11.6. The molecule has 15 heavy (non-hydrogen) atoms. The summed E-state index contributed by atoms with van der Waals surface area (Å²) in [7, 11) is 1.54. The van der Waals surface area contributed by atoms with E-state index in [1.165, 1.54) is 25.8 Å². The molecule has 0 heterocycles. The van der Waals surface area contributed by atoms with Gasteiger partial charge in [-0.15, -0.1) is 0 Å². The predicted octanol–water partition coefficient (Wildman–Crippen LogP) is 1.74. The zero-order valence-electron chi connectivity index (χ0n) is 10.2. The maximum Gasteiger partial charge on any atom is 0.329 e. The molecule has 0 saturated heterocycles. The number of nitrogens with zero attached hydrogens (tertiary/aromatic N) is 1. The van der Waals surface area contributed by atoms with Crippen LogP contribution in [0.1, 0.15) is 40.5 Å². The fraction of sp³-hybridized carbons (Fsp3) is 0.818. The van der Waals surface area contributed by atoms with E-state index in [-0.39, 0.29) is 5.91 Å². The van der Waals surface area contributed by atoms with Crippen LogP contribution in [0, 0.1) is 5.92 Å². The van der Waals surface area contributed by atoms with Crippen molar-refractivity contribution in [2.45, 2.75) is 46.1 Å². The summed E-state index contributed by atoms with van der Waals surface area (Å²) >= 11 is 0. The Kier molecular flexibility index (Phi) is 4.78. The molecule has 0 aromatic heterocycles. The Balaban J connectivity index is 4.38. The van der Waals surface area contributed by atoms with Crippen molar-refractivity contribution < 1.29 is 14.7 Å². The van der Waals surface area contributed by atoms with E-state index in [0.29, 0.717) is 12.3 Å². The lowest BCUT2D eigenvalue weighted by molar-refractivity contribution is -0.155. The molecule has 0 spiro atoms. The molecule has 0 saturated carbocycles. The number of rotatable bonds is 5. The van der Waals surface area contributed by atoms with E-state index < -0.39 is 11.5 Å². The molecule has 0 aromatic carbocycles. The summed E-state index contributed by atoms with van der Waals surface area (Å²) in [5.74, 6) is -0.644. The summed E-state index contributed by atoms with van der Waals surface area (Å²) < 4.78 is 0. The van der Waals surface area contributed by atoms with Gasteiger partial charge in [-0.05, 0) is 26.2 Å². The van der Waals surface area contributed by atoms with Crippen LogP contribution in [0.3, 0.4) is 0 Å². The van der Waals surface area contributed by atoms with Gasteiger partial charge in [-0.2, -0.15) is 0 Å². The van der Waals surface area contributed by atoms with Crippen molar-refractivity contribution in [1.29, 1.82) is 0 Å². The Morgan fingerprint density at radius 3 is 2.13 bits per heavy atom. The second kappa shape index (κ2) is 5.14.